The van der Waals surface area contributed by atoms with Gasteiger partial charge in [-0.1, -0.05) is 0 Å². The van der Waals surface area contributed by atoms with Crippen LogP contribution < -0.4 is 4.90 Å². The molecule has 0 saturated carbocycles. The fourth-order valence-electron chi connectivity index (χ4n) is 1.92. The van der Waals surface area contributed by atoms with Gasteiger partial charge in [-0.15, -0.1) is 0 Å². The van der Waals surface area contributed by atoms with Crippen molar-refractivity contribution in [3.05, 3.63) is 29.6 Å². The van der Waals surface area contributed by atoms with Crippen LogP contribution in [0.5, 0.6) is 0 Å². The van der Waals surface area contributed by atoms with Crippen molar-refractivity contribution in [2.45, 2.75) is 6.42 Å². The number of nitrogens with zero attached hydrogens (tertiary/aromatic N) is 2. The van der Waals surface area contributed by atoms with E-state index in [1.807, 2.05) is 0 Å². The molecule has 0 aromatic heterocycles. The highest BCUT2D eigenvalue weighted by Crippen LogP contribution is 2.26. The third-order valence-electron chi connectivity index (χ3n) is 2.85. The molecule has 5 heteroatoms. The topological polar surface area (TPSA) is 64.3 Å². The molecule has 0 spiro atoms. The zero-order valence-corrected chi connectivity index (χ0v) is 9.06. The first-order valence-corrected chi connectivity index (χ1v) is 5.26. The van der Waals surface area contributed by atoms with Gasteiger partial charge in [0, 0.05) is 31.2 Å². The van der Waals surface area contributed by atoms with E-state index in [1.54, 1.807) is 6.07 Å². The van der Waals surface area contributed by atoms with Crippen LogP contribution >= 0.6 is 0 Å². The van der Waals surface area contributed by atoms with Crippen LogP contribution in [0.3, 0.4) is 0 Å². The van der Waals surface area contributed by atoms with Crippen LogP contribution in [0.25, 0.3) is 0 Å². The molecule has 0 bridgehead atoms. The zero-order valence-electron chi connectivity index (χ0n) is 9.06. The van der Waals surface area contributed by atoms with E-state index in [0.717, 1.165) is 0 Å². The Labute approximate surface area is 97.9 Å². The average Bonchev–Trinajstić information content (AvgIpc) is 2.71. The van der Waals surface area contributed by atoms with E-state index in [1.165, 1.54) is 23.1 Å². The SMILES string of the molecule is N#Cc1cc(N2CC(CO)CC2=O)ccc1F. The van der Waals surface area contributed by atoms with Gasteiger partial charge in [-0.05, 0) is 18.2 Å². The van der Waals surface area contributed by atoms with Crippen molar-refractivity contribution in [2.24, 2.45) is 5.92 Å². The fraction of sp³-hybridized carbons (Fsp3) is 0.333. The smallest absolute Gasteiger partial charge is 0.227 e. The highest BCUT2D eigenvalue weighted by Gasteiger charge is 2.30. The Hall–Kier alpha value is -1.93. The lowest BCUT2D eigenvalue weighted by atomic mass is 10.1. The van der Waals surface area contributed by atoms with Crippen molar-refractivity contribution in [1.82, 2.24) is 0 Å². The number of carbonyl (C=O) groups excluding carboxylic acids is 1. The van der Waals surface area contributed by atoms with Crippen molar-refractivity contribution in [3.63, 3.8) is 0 Å². The predicted molar refractivity (Wildman–Crippen MR) is 58.7 cm³/mol. The molecule has 1 aromatic carbocycles. The van der Waals surface area contributed by atoms with E-state index < -0.39 is 5.82 Å². The molecule has 1 N–H and O–H groups in total. The maximum Gasteiger partial charge on any atom is 0.227 e. The van der Waals surface area contributed by atoms with Crippen molar-refractivity contribution >= 4 is 11.6 Å². The minimum absolute atomic E-state index is 0.0471. The van der Waals surface area contributed by atoms with Crippen molar-refractivity contribution < 1.29 is 14.3 Å². The summed E-state index contributed by atoms with van der Waals surface area (Å²) in [4.78, 5) is 13.1. The van der Waals surface area contributed by atoms with Gasteiger partial charge < -0.3 is 10.0 Å². The molecule has 1 heterocycles. The van der Waals surface area contributed by atoms with Crippen LogP contribution in [0.2, 0.25) is 0 Å². The number of aliphatic hydroxyl groups is 1. The summed E-state index contributed by atoms with van der Waals surface area (Å²) in [6.07, 6.45) is 0.287. The van der Waals surface area contributed by atoms with E-state index in [2.05, 4.69) is 0 Å². The molecule has 2 rings (SSSR count). The maximum atomic E-state index is 13.1. The summed E-state index contributed by atoms with van der Waals surface area (Å²) in [5.74, 6) is -0.792. The van der Waals surface area contributed by atoms with Gasteiger partial charge in [0.25, 0.3) is 0 Å². The molecule has 17 heavy (non-hydrogen) atoms. The number of aliphatic hydroxyl groups excluding tert-OH is 1. The van der Waals surface area contributed by atoms with Gasteiger partial charge in [0.1, 0.15) is 11.9 Å². The van der Waals surface area contributed by atoms with Crippen molar-refractivity contribution in [1.29, 1.82) is 5.26 Å². The number of hydrogen-bond donors (Lipinski definition) is 1. The second-order valence-corrected chi connectivity index (χ2v) is 4.03. The predicted octanol–water partition coefficient (Wildman–Crippen LogP) is 1.04. The van der Waals surface area contributed by atoms with Gasteiger partial charge in [0.2, 0.25) is 5.91 Å². The lowest BCUT2D eigenvalue weighted by Gasteiger charge is -2.16. The van der Waals surface area contributed by atoms with Crippen LogP contribution in [-0.2, 0) is 4.79 Å². The third kappa shape index (κ3) is 2.12. The zero-order chi connectivity index (χ0) is 12.4. The lowest BCUT2D eigenvalue weighted by molar-refractivity contribution is -0.117. The Kier molecular flexibility index (Phi) is 3.07. The summed E-state index contributed by atoms with van der Waals surface area (Å²) < 4.78 is 13.1. The second-order valence-electron chi connectivity index (χ2n) is 4.03. The molecule has 1 unspecified atom stereocenters. The number of hydrogen-bond acceptors (Lipinski definition) is 3. The van der Waals surface area contributed by atoms with E-state index >= 15 is 0 Å². The molecule has 1 aliphatic rings. The summed E-state index contributed by atoms with van der Waals surface area (Å²) >= 11 is 0. The van der Waals surface area contributed by atoms with Gasteiger partial charge >= 0.3 is 0 Å². The van der Waals surface area contributed by atoms with Gasteiger partial charge in [-0.25, -0.2) is 4.39 Å². The Morgan fingerprint density at radius 3 is 2.94 bits per heavy atom. The summed E-state index contributed by atoms with van der Waals surface area (Å²) in [5, 5.41) is 17.7. The molecule has 4 nitrogen and oxygen atoms in total. The largest absolute Gasteiger partial charge is 0.396 e. The minimum atomic E-state index is -0.596. The quantitative estimate of drug-likeness (QED) is 0.831. The van der Waals surface area contributed by atoms with E-state index in [4.69, 9.17) is 10.4 Å². The third-order valence-corrected chi connectivity index (χ3v) is 2.85. The van der Waals surface area contributed by atoms with Crippen LogP contribution in [0, 0.1) is 23.1 Å². The monoisotopic (exact) mass is 234 g/mol. The Bertz CT molecular complexity index is 496. The molecule has 1 aliphatic heterocycles. The normalized spacial score (nSPS) is 19.5. The first-order valence-electron chi connectivity index (χ1n) is 5.26. The van der Waals surface area contributed by atoms with Crippen LogP contribution in [0.1, 0.15) is 12.0 Å². The number of benzene rings is 1. The van der Waals surface area contributed by atoms with E-state index in [9.17, 15) is 9.18 Å². The van der Waals surface area contributed by atoms with Crippen molar-refractivity contribution in [2.75, 3.05) is 18.1 Å². The summed E-state index contributed by atoms with van der Waals surface area (Å²) in [7, 11) is 0. The fourth-order valence-corrected chi connectivity index (χ4v) is 1.92. The number of amides is 1. The number of rotatable bonds is 2. The molecule has 88 valence electrons. The summed E-state index contributed by atoms with van der Waals surface area (Å²) in [6, 6.07) is 5.73. The van der Waals surface area contributed by atoms with Gasteiger partial charge in [0.15, 0.2) is 0 Å². The van der Waals surface area contributed by atoms with Crippen LogP contribution in [0.15, 0.2) is 18.2 Å². The highest BCUT2D eigenvalue weighted by atomic mass is 19.1. The van der Waals surface area contributed by atoms with E-state index in [-0.39, 0.29) is 30.4 Å². The molecule has 1 saturated heterocycles. The van der Waals surface area contributed by atoms with Crippen molar-refractivity contribution in [3.8, 4) is 6.07 Å². The average molecular weight is 234 g/mol. The van der Waals surface area contributed by atoms with Gasteiger partial charge in [0.05, 0.1) is 5.56 Å². The molecule has 1 amide bonds. The highest BCUT2D eigenvalue weighted by molar-refractivity contribution is 5.95. The molecular formula is C12H11FN2O2. The molecule has 1 aromatic rings. The number of anilines is 1. The number of nitriles is 1. The first kappa shape index (κ1) is 11.6. The molecule has 1 atom stereocenters. The second kappa shape index (κ2) is 4.52. The Balaban J connectivity index is 2.30. The Morgan fingerprint density at radius 1 is 1.59 bits per heavy atom. The molecule has 0 aliphatic carbocycles. The van der Waals surface area contributed by atoms with Crippen LogP contribution in [-0.4, -0.2) is 24.2 Å². The Morgan fingerprint density at radius 2 is 2.35 bits per heavy atom. The minimum Gasteiger partial charge on any atom is -0.396 e. The summed E-state index contributed by atoms with van der Waals surface area (Å²) in [5.41, 5.74) is 0.423. The number of halogens is 1. The summed E-state index contributed by atoms with van der Waals surface area (Å²) in [6.45, 7) is 0.361. The number of carbonyl (C=O) groups is 1. The maximum absolute atomic E-state index is 13.1. The van der Waals surface area contributed by atoms with Gasteiger partial charge in [-0.3, -0.25) is 4.79 Å². The molecular weight excluding hydrogens is 223 g/mol. The standard InChI is InChI=1S/C12H11FN2O2/c13-11-2-1-10(4-9(11)5-14)15-6-8(7-16)3-12(15)17/h1-2,4,8,16H,3,6-7H2. The molecule has 0 radical (unpaired) electrons. The van der Waals surface area contributed by atoms with Crippen LogP contribution in [0.4, 0.5) is 10.1 Å². The van der Waals surface area contributed by atoms with Gasteiger partial charge in [-0.2, -0.15) is 5.26 Å². The first-order chi connectivity index (χ1) is 8.15. The van der Waals surface area contributed by atoms with E-state index in [0.29, 0.717) is 12.2 Å². The molecule has 1 fully saturated rings. The lowest BCUT2D eigenvalue weighted by Crippen LogP contribution is -2.25.